The highest BCUT2D eigenvalue weighted by atomic mass is 16.5. The molecule has 0 bridgehead atoms. The van der Waals surface area contributed by atoms with Crippen molar-refractivity contribution >= 4 is 16.9 Å². The van der Waals surface area contributed by atoms with Gasteiger partial charge in [0.05, 0.1) is 6.42 Å². The molecule has 0 radical (unpaired) electrons. The second-order valence-corrected chi connectivity index (χ2v) is 3.26. The SMILES string of the molecule is CCNC(=O)Cc1noc2ccccc12. The Hall–Kier alpha value is -1.84. The van der Waals surface area contributed by atoms with Crippen molar-refractivity contribution in [1.82, 2.24) is 10.5 Å². The molecule has 2 rings (SSSR count). The monoisotopic (exact) mass is 204 g/mol. The maximum absolute atomic E-state index is 11.4. The number of hydrogen-bond acceptors (Lipinski definition) is 3. The molecule has 0 spiro atoms. The van der Waals surface area contributed by atoms with Crippen molar-refractivity contribution in [3.63, 3.8) is 0 Å². The molecule has 1 amide bonds. The van der Waals surface area contributed by atoms with Crippen LogP contribution >= 0.6 is 0 Å². The van der Waals surface area contributed by atoms with Crippen LogP contribution in [-0.2, 0) is 11.2 Å². The Labute approximate surface area is 87.2 Å². The van der Waals surface area contributed by atoms with Crippen LogP contribution in [0.4, 0.5) is 0 Å². The van der Waals surface area contributed by atoms with Crippen LogP contribution in [0, 0.1) is 0 Å². The number of carbonyl (C=O) groups excluding carboxylic acids is 1. The summed E-state index contributed by atoms with van der Waals surface area (Å²) >= 11 is 0. The Morgan fingerprint density at radius 1 is 1.47 bits per heavy atom. The zero-order chi connectivity index (χ0) is 10.7. The minimum absolute atomic E-state index is 0.0310. The van der Waals surface area contributed by atoms with Gasteiger partial charge in [0, 0.05) is 11.9 Å². The van der Waals surface area contributed by atoms with Crippen molar-refractivity contribution in [2.24, 2.45) is 0 Å². The number of carbonyl (C=O) groups is 1. The molecule has 0 aliphatic heterocycles. The summed E-state index contributed by atoms with van der Waals surface area (Å²) in [6, 6.07) is 7.52. The minimum Gasteiger partial charge on any atom is -0.356 e. The van der Waals surface area contributed by atoms with Crippen molar-refractivity contribution in [1.29, 1.82) is 0 Å². The largest absolute Gasteiger partial charge is 0.356 e. The average molecular weight is 204 g/mol. The molecular formula is C11H12N2O2. The van der Waals surface area contributed by atoms with E-state index in [0.29, 0.717) is 12.2 Å². The summed E-state index contributed by atoms with van der Waals surface area (Å²) in [6.07, 6.45) is 0.269. The summed E-state index contributed by atoms with van der Waals surface area (Å²) in [5.74, 6) is -0.0310. The van der Waals surface area contributed by atoms with Gasteiger partial charge in [-0.3, -0.25) is 4.79 Å². The number of benzene rings is 1. The number of amides is 1. The number of nitrogens with zero attached hydrogens (tertiary/aromatic N) is 1. The summed E-state index contributed by atoms with van der Waals surface area (Å²) in [6.45, 7) is 2.52. The molecule has 0 saturated heterocycles. The lowest BCUT2D eigenvalue weighted by molar-refractivity contribution is -0.120. The van der Waals surface area contributed by atoms with Crippen LogP contribution in [-0.4, -0.2) is 17.6 Å². The Balaban J connectivity index is 2.25. The van der Waals surface area contributed by atoms with E-state index in [2.05, 4.69) is 10.5 Å². The van der Waals surface area contributed by atoms with Gasteiger partial charge in [0.1, 0.15) is 5.69 Å². The molecule has 1 aromatic carbocycles. The first-order chi connectivity index (χ1) is 7.31. The van der Waals surface area contributed by atoms with Gasteiger partial charge >= 0.3 is 0 Å². The van der Waals surface area contributed by atoms with Crippen LogP contribution in [0.15, 0.2) is 28.8 Å². The van der Waals surface area contributed by atoms with Gasteiger partial charge < -0.3 is 9.84 Å². The van der Waals surface area contributed by atoms with Gasteiger partial charge in [-0.1, -0.05) is 17.3 Å². The molecule has 15 heavy (non-hydrogen) atoms. The molecule has 0 atom stereocenters. The number of fused-ring (bicyclic) bond motifs is 1. The third kappa shape index (κ3) is 1.98. The highest BCUT2D eigenvalue weighted by Crippen LogP contribution is 2.17. The van der Waals surface area contributed by atoms with Crippen LogP contribution in [0.25, 0.3) is 11.0 Å². The van der Waals surface area contributed by atoms with Crippen molar-refractivity contribution in [2.75, 3.05) is 6.54 Å². The van der Waals surface area contributed by atoms with Crippen molar-refractivity contribution in [2.45, 2.75) is 13.3 Å². The van der Waals surface area contributed by atoms with Crippen molar-refractivity contribution < 1.29 is 9.32 Å². The Kier molecular flexibility index (Phi) is 2.67. The maximum atomic E-state index is 11.4. The van der Waals surface area contributed by atoms with Crippen LogP contribution in [0.3, 0.4) is 0 Å². The highest BCUT2D eigenvalue weighted by molar-refractivity contribution is 5.86. The summed E-state index contributed by atoms with van der Waals surface area (Å²) in [4.78, 5) is 11.4. The van der Waals surface area contributed by atoms with E-state index < -0.39 is 0 Å². The molecule has 1 N–H and O–H groups in total. The van der Waals surface area contributed by atoms with Gasteiger partial charge in [0.25, 0.3) is 0 Å². The van der Waals surface area contributed by atoms with Crippen LogP contribution in [0.5, 0.6) is 0 Å². The lowest BCUT2D eigenvalue weighted by atomic mass is 10.2. The minimum atomic E-state index is -0.0310. The van der Waals surface area contributed by atoms with Crippen LogP contribution in [0.1, 0.15) is 12.6 Å². The number of hydrogen-bond donors (Lipinski definition) is 1. The first kappa shape index (κ1) is 9.71. The standard InChI is InChI=1S/C11H12N2O2/c1-2-12-11(14)7-9-8-5-3-4-6-10(8)15-13-9/h3-6H,2,7H2,1H3,(H,12,14). The van der Waals surface area contributed by atoms with Gasteiger partial charge in [0.2, 0.25) is 5.91 Å². The normalized spacial score (nSPS) is 10.5. The fourth-order valence-corrected chi connectivity index (χ4v) is 1.48. The number of nitrogens with one attached hydrogen (secondary N) is 1. The summed E-state index contributed by atoms with van der Waals surface area (Å²) < 4.78 is 5.10. The van der Waals surface area contributed by atoms with Gasteiger partial charge in [0.15, 0.2) is 5.58 Å². The zero-order valence-electron chi connectivity index (χ0n) is 8.49. The first-order valence-corrected chi connectivity index (χ1v) is 4.91. The second kappa shape index (κ2) is 4.13. The molecule has 1 heterocycles. The molecule has 2 aromatic rings. The fraction of sp³-hybridized carbons (Fsp3) is 0.273. The number of rotatable bonds is 3. The van der Waals surface area contributed by atoms with E-state index in [1.807, 2.05) is 31.2 Å². The molecule has 0 unspecified atom stereocenters. The quantitative estimate of drug-likeness (QED) is 0.824. The van der Waals surface area contributed by atoms with Crippen molar-refractivity contribution in [3.05, 3.63) is 30.0 Å². The third-order valence-corrected chi connectivity index (χ3v) is 2.15. The highest BCUT2D eigenvalue weighted by Gasteiger charge is 2.10. The summed E-state index contributed by atoms with van der Waals surface area (Å²) in [7, 11) is 0. The molecule has 1 aromatic heterocycles. The topological polar surface area (TPSA) is 55.1 Å². The predicted octanol–water partition coefficient (Wildman–Crippen LogP) is 1.51. The molecule has 0 aliphatic rings. The van der Waals surface area contributed by atoms with Crippen LogP contribution < -0.4 is 5.32 Å². The summed E-state index contributed by atoms with van der Waals surface area (Å²) in [5, 5.41) is 7.52. The van der Waals surface area contributed by atoms with E-state index in [0.717, 1.165) is 11.0 Å². The van der Waals surface area contributed by atoms with Crippen LogP contribution in [0.2, 0.25) is 0 Å². The zero-order valence-corrected chi connectivity index (χ0v) is 8.49. The Morgan fingerprint density at radius 2 is 2.27 bits per heavy atom. The lowest BCUT2D eigenvalue weighted by Gasteiger charge is -1.98. The number of likely N-dealkylation sites (N-methyl/N-ethyl adjacent to an activating group) is 1. The molecule has 78 valence electrons. The number of aromatic nitrogens is 1. The van der Waals surface area contributed by atoms with Crippen molar-refractivity contribution in [3.8, 4) is 0 Å². The number of para-hydroxylation sites is 1. The molecule has 4 heteroatoms. The van der Waals surface area contributed by atoms with E-state index in [1.165, 1.54) is 0 Å². The second-order valence-electron chi connectivity index (χ2n) is 3.26. The summed E-state index contributed by atoms with van der Waals surface area (Å²) in [5.41, 5.74) is 1.41. The third-order valence-electron chi connectivity index (χ3n) is 2.15. The molecule has 4 nitrogen and oxygen atoms in total. The Bertz CT molecular complexity index is 476. The van der Waals surface area contributed by atoms with Gasteiger partial charge in [-0.2, -0.15) is 0 Å². The molecule has 0 saturated carbocycles. The smallest absolute Gasteiger partial charge is 0.226 e. The van der Waals surface area contributed by atoms with E-state index >= 15 is 0 Å². The first-order valence-electron chi connectivity index (χ1n) is 4.91. The van der Waals surface area contributed by atoms with E-state index in [-0.39, 0.29) is 12.3 Å². The lowest BCUT2D eigenvalue weighted by Crippen LogP contribution is -2.24. The predicted molar refractivity (Wildman–Crippen MR) is 56.4 cm³/mol. The molecule has 0 fully saturated rings. The maximum Gasteiger partial charge on any atom is 0.226 e. The average Bonchev–Trinajstić information content (AvgIpc) is 2.62. The Morgan fingerprint density at radius 3 is 3.07 bits per heavy atom. The molecular weight excluding hydrogens is 192 g/mol. The van der Waals surface area contributed by atoms with Gasteiger partial charge in [-0.15, -0.1) is 0 Å². The van der Waals surface area contributed by atoms with E-state index in [4.69, 9.17) is 4.52 Å². The molecule has 0 aliphatic carbocycles. The van der Waals surface area contributed by atoms with E-state index in [9.17, 15) is 4.79 Å². The van der Waals surface area contributed by atoms with Gasteiger partial charge in [-0.05, 0) is 19.1 Å². The fourth-order valence-electron chi connectivity index (χ4n) is 1.48. The van der Waals surface area contributed by atoms with E-state index in [1.54, 1.807) is 0 Å². The van der Waals surface area contributed by atoms with Gasteiger partial charge in [-0.25, -0.2) is 0 Å².